The molecule has 4 rings (SSSR count). The Labute approximate surface area is 144 Å². The molecule has 0 fully saturated rings. The molecule has 120 valence electrons. The predicted molar refractivity (Wildman–Crippen MR) is 96.0 cm³/mol. The fourth-order valence-corrected chi connectivity index (χ4v) is 4.44. The van der Waals surface area contributed by atoms with E-state index in [4.69, 9.17) is 4.74 Å². The molecule has 0 aliphatic carbocycles. The van der Waals surface area contributed by atoms with Crippen LogP contribution in [0.5, 0.6) is 0 Å². The molecule has 0 unspecified atom stereocenters. The summed E-state index contributed by atoms with van der Waals surface area (Å²) in [5.41, 5.74) is 0.964. The Hall–Kier alpha value is -2.51. The van der Waals surface area contributed by atoms with Crippen molar-refractivity contribution in [1.29, 1.82) is 0 Å². The van der Waals surface area contributed by atoms with E-state index in [-0.39, 0.29) is 5.82 Å². The van der Waals surface area contributed by atoms with Crippen LogP contribution < -0.4 is 5.32 Å². The number of carbonyl (C=O) groups is 1. The van der Waals surface area contributed by atoms with Gasteiger partial charge in [-0.2, -0.15) is 0 Å². The molecular formula is C17H11FN2O2S2. The summed E-state index contributed by atoms with van der Waals surface area (Å²) in [6, 6.07) is 12.5. The van der Waals surface area contributed by atoms with Crippen LogP contribution in [0.3, 0.4) is 0 Å². The molecule has 0 amide bonds. The van der Waals surface area contributed by atoms with Crippen molar-refractivity contribution in [2.45, 2.75) is 0 Å². The number of nitrogens with one attached hydrogen (secondary N) is 1. The zero-order valence-electron chi connectivity index (χ0n) is 12.5. The quantitative estimate of drug-likeness (QED) is 0.513. The standard InChI is InChI=1S/C17H11FN2O2S2/c1-22-16(21)15-13(9-5-2-3-7-11(9)23-15)19-17-20-14-10(18)6-4-8-12(14)24-17/h2-8H,1H3,(H,19,20). The van der Waals surface area contributed by atoms with Gasteiger partial charge in [0.15, 0.2) is 5.13 Å². The molecule has 0 radical (unpaired) electrons. The van der Waals surface area contributed by atoms with E-state index in [0.29, 0.717) is 21.2 Å². The molecule has 0 atom stereocenters. The third-order valence-corrected chi connectivity index (χ3v) is 5.65. The molecule has 1 N–H and O–H groups in total. The van der Waals surface area contributed by atoms with Gasteiger partial charge in [0.2, 0.25) is 0 Å². The molecule has 2 aromatic carbocycles. The van der Waals surface area contributed by atoms with Crippen LogP contribution >= 0.6 is 22.7 Å². The Kier molecular flexibility index (Phi) is 3.66. The van der Waals surface area contributed by atoms with Gasteiger partial charge in [0.25, 0.3) is 0 Å². The lowest BCUT2D eigenvalue weighted by molar-refractivity contribution is 0.0607. The number of ether oxygens (including phenoxy) is 1. The number of hydrogen-bond acceptors (Lipinski definition) is 6. The monoisotopic (exact) mass is 358 g/mol. The topological polar surface area (TPSA) is 51.2 Å². The van der Waals surface area contributed by atoms with E-state index >= 15 is 0 Å². The van der Waals surface area contributed by atoms with Gasteiger partial charge >= 0.3 is 5.97 Å². The van der Waals surface area contributed by atoms with Crippen molar-refractivity contribution in [3.63, 3.8) is 0 Å². The van der Waals surface area contributed by atoms with Crippen molar-refractivity contribution in [2.24, 2.45) is 0 Å². The number of anilines is 2. The lowest BCUT2D eigenvalue weighted by Gasteiger charge is -2.04. The van der Waals surface area contributed by atoms with Crippen molar-refractivity contribution in [2.75, 3.05) is 12.4 Å². The molecule has 0 bridgehead atoms. The zero-order valence-corrected chi connectivity index (χ0v) is 14.1. The van der Waals surface area contributed by atoms with Gasteiger partial charge in [-0.25, -0.2) is 14.2 Å². The minimum atomic E-state index is -0.411. The second kappa shape index (κ2) is 5.85. The first-order valence-corrected chi connectivity index (χ1v) is 8.72. The van der Waals surface area contributed by atoms with Gasteiger partial charge in [-0.1, -0.05) is 35.6 Å². The highest BCUT2D eigenvalue weighted by molar-refractivity contribution is 7.23. The summed E-state index contributed by atoms with van der Waals surface area (Å²) < 4.78 is 20.4. The van der Waals surface area contributed by atoms with Gasteiger partial charge in [0.05, 0.1) is 17.5 Å². The average molecular weight is 358 g/mol. The zero-order chi connectivity index (χ0) is 16.7. The van der Waals surface area contributed by atoms with E-state index in [1.807, 2.05) is 30.3 Å². The van der Waals surface area contributed by atoms with Crippen molar-refractivity contribution < 1.29 is 13.9 Å². The molecule has 4 nitrogen and oxygen atoms in total. The number of halogens is 1. The Bertz CT molecular complexity index is 1070. The van der Waals surface area contributed by atoms with Crippen LogP contribution in [0.2, 0.25) is 0 Å². The molecule has 0 spiro atoms. The smallest absolute Gasteiger partial charge is 0.350 e. The number of nitrogens with zero attached hydrogens (tertiary/aromatic N) is 1. The Morgan fingerprint density at radius 3 is 2.71 bits per heavy atom. The molecular weight excluding hydrogens is 347 g/mol. The molecule has 0 aliphatic heterocycles. The van der Waals surface area contributed by atoms with Gasteiger partial charge in [0.1, 0.15) is 16.2 Å². The van der Waals surface area contributed by atoms with Crippen LogP contribution in [-0.4, -0.2) is 18.1 Å². The van der Waals surface area contributed by atoms with Crippen molar-refractivity contribution >= 4 is 59.8 Å². The fraction of sp³-hybridized carbons (Fsp3) is 0.0588. The first-order chi connectivity index (χ1) is 11.7. The highest BCUT2D eigenvalue weighted by Crippen LogP contribution is 2.39. The maximum Gasteiger partial charge on any atom is 0.350 e. The van der Waals surface area contributed by atoms with Crippen molar-refractivity contribution in [3.8, 4) is 0 Å². The van der Waals surface area contributed by atoms with Crippen LogP contribution in [0, 0.1) is 5.82 Å². The Balaban J connectivity index is 1.85. The highest BCUT2D eigenvalue weighted by atomic mass is 32.1. The highest BCUT2D eigenvalue weighted by Gasteiger charge is 2.20. The number of hydrogen-bond donors (Lipinski definition) is 1. The van der Waals surface area contributed by atoms with Gasteiger partial charge in [-0.05, 0) is 18.2 Å². The maximum absolute atomic E-state index is 13.8. The van der Waals surface area contributed by atoms with E-state index in [9.17, 15) is 9.18 Å². The maximum atomic E-state index is 13.8. The second-order valence-electron chi connectivity index (χ2n) is 5.02. The molecule has 4 aromatic rings. The lowest BCUT2D eigenvalue weighted by Crippen LogP contribution is -2.02. The largest absolute Gasteiger partial charge is 0.465 e. The van der Waals surface area contributed by atoms with Crippen molar-refractivity contribution in [1.82, 2.24) is 4.98 Å². The first-order valence-electron chi connectivity index (χ1n) is 7.09. The molecule has 24 heavy (non-hydrogen) atoms. The second-order valence-corrected chi connectivity index (χ2v) is 7.11. The van der Waals surface area contributed by atoms with Crippen LogP contribution in [0.1, 0.15) is 9.67 Å². The number of para-hydroxylation sites is 1. The van der Waals surface area contributed by atoms with Crippen molar-refractivity contribution in [3.05, 3.63) is 53.2 Å². The van der Waals surface area contributed by atoms with E-state index in [1.165, 1.54) is 35.8 Å². The summed E-state index contributed by atoms with van der Waals surface area (Å²) in [6.45, 7) is 0. The van der Waals surface area contributed by atoms with Crippen LogP contribution in [-0.2, 0) is 4.74 Å². The summed E-state index contributed by atoms with van der Waals surface area (Å²) in [5.74, 6) is -0.772. The number of carbonyl (C=O) groups excluding carboxylic acids is 1. The third-order valence-electron chi connectivity index (χ3n) is 3.57. The van der Waals surface area contributed by atoms with Gasteiger partial charge in [-0.3, -0.25) is 0 Å². The fourth-order valence-electron chi connectivity index (χ4n) is 2.48. The SMILES string of the molecule is COC(=O)c1sc2ccccc2c1Nc1nc2c(F)cccc2s1. The summed E-state index contributed by atoms with van der Waals surface area (Å²) in [7, 11) is 1.35. The predicted octanol–water partition coefficient (Wildman–Crippen LogP) is 5.18. The minimum Gasteiger partial charge on any atom is -0.465 e. The summed E-state index contributed by atoms with van der Waals surface area (Å²) in [6.07, 6.45) is 0. The molecule has 0 aliphatic rings. The van der Waals surface area contributed by atoms with Gasteiger partial charge in [-0.15, -0.1) is 11.3 Å². The number of esters is 1. The molecule has 7 heteroatoms. The van der Waals surface area contributed by atoms with Gasteiger partial charge < -0.3 is 10.1 Å². The number of methoxy groups -OCH3 is 1. The number of fused-ring (bicyclic) bond motifs is 2. The van der Waals surface area contributed by atoms with Crippen LogP contribution in [0.15, 0.2) is 42.5 Å². The lowest BCUT2D eigenvalue weighted by atomic mass is 10.2. The van der Waals surface area contributed by atoms with E-state index in [2.05, 4.69) is 10.3 Å². The average Bonchev–Trinajstić information content (AvgIpc) is 3.17. The van der Waals surface area contributed by atoms with E-state index < -0.39 is 5.97 Å². The Morgan fingerprint density at radius 2 is 1.92 bits per heavy atom. The first kappa shape index (κ1) is 15.0. The number of thiazole rings is 1. The summed E-state index contributed by atoms with van der Waals surface area (Å²) in [5, 5.41) is 4.61. The number of rotatable bonds is 3. The molecule has 2 heterocycles. The van der Waals surface area contributed by atoms with E-state index in [0.717, 1.165) is 14.8 Å². The van der Waals surface area contributed by atoms with Crippen LogP contribution in [0.25, 0.3) is 20.3 Å². The van der Waals surface area contributed by atoms with Crippen LogP contribution in [0.4, 0.5) is 15.2 Å². The number of thiophene rings is 1. The summed E-state index contributed by atoms with van der Waals surface area (Å²) >= 11 is 2.69. The number of benzene rings is 2. The van der Waals surface area contributed by atoms with E-state index in [1.54, 1.807) is 6.07 Å². The number of aromatic nitrogens is 1. The van der Waals surface area contributed by atoms with Gasteiger partial charge in [0, 0.05) is 10.1 Å². The molecule has 2 aromatic heterocycles. The minimum absolute atomic E-state index is 0.323. The molecule has 0 saturated heterocycles. The molecule has 0 saturated carbocycles. The summed E-state index contributed by atoms with van der Waals surface area (Å²) in [4.78, 5) is 16.9. The Morgan fingerprint density at radius 1 is 1.12 bits per heavy atom. The normalized spacial score (nSPS) is 11.1. The third kappa shape index (κ3) is 2.42.